The lowest BCUT2D eigenvalue weighted by Crippen LogP contribution is -2.26. The summed E-state index contributed by atoms with van der Waals surface area (Å²) in [5, 5.41) is 31.6. The summed E-state index contributed by atoms with van der Waals surface area (Å²) in [5.41, 5.74) is 1.68. The van der Waals surface area contributed by atoms with E-state index in [1.54, 1.807) is 34.9 Å². The standard InChI is InChI=1S/C20H22N4O3S/c1-4-21-20(27)19-23-22-18(24(19)12-5-7-13(28)8-6-12)15-9-14(11(2)3)16(25)10-17(15)26/h5-11,25-26,28H,4H2,1-3H3,(H,21,27). The summed E-state index contributed by atoms with van der Waals surface area (Å²) in [5.74, 6) is -0.0926. The predicted molar refractivity (Wildman–Crippen MR) is 109 cm³/mol. The SMILES string of the molecule is CCNC(=O)c1nnc(-c2cc(C(C)C)c(O)cc2O)n1-c1ccc(S)cc1. The number of hydrogen-bond donors (Lipinski definition) is 4. The lowest BCUT2D eigenvalue weighted by molar-refractivity contribution is 0.0943. The second-order valence-electron chi connectivity index (χ2n) is 6.64. The van der Waals surface area contributed by atoms with Crippen molar-refractivity contribution in [2.24, 2.45) is 0 Å². The number of aromatic hydroxyl groups is 2. The van der Waals surface area contributed by atoms with Gasteiger partial charge in [0, 0.05) is 23.2 Å². The molecular formula is C20H22N4O3S. The summed E-state index contributed by atoms with van der Waals surface area (Å²) in [4.78, 5) is 13.3. The quantitative estimate of drug-likeness (QED) is 0.493. The molecule has 0 saturated carbocycles. The number of thiol groups is 1. The van der Waals surface area contributed by atoms with Gasteiger partial charge in [-0.15, -0.1) is 22.8 Å². The number of hydrogen-bond acceptors (Lipinski definition) is 6. The highest BCUT2D eigenvalue weighted by Gasteiger charge is 2.24. The maximum atomic E-state index is 12.5. The molecule has 1 amide bonds. The Morgan fingerprint density at radius 2 is 1.82 bits per heavy atom. The van der Waals surface area contributed by atoms with E-state index in [9.17, 15) is 15.0 Å². The van der Waals surface area contributed by atoms with Crippen LogP contribution in [0.4, 0.5) is 0 Å². The Bertz CT molecular complexity index is 1010. The molecule has 0 unspecified atom stereocenters. The zero-order valence-electron chi connectivity index (χ0n) is 15.8. The molecule has 0 bridgehead atoms. The van der Waals surface area contributed by atoms with Gasteiger partial charge in [0.25, 0.3) is 5.91 Å². The van der Waals surface area contributed by atoms with Crippen molar-refractivity contribution in [3.05, 3.63) is 47.8 Å². The average Bonchev–Trinajstić information content (AvgIpc) is 3.07. The summed E-state index contributed by atoms with van der Waals surface area (Å²) in [6.45, 7) is 6.13. The van der Waals surface area contributed by atoms with Gasteiger partial charge in [-0.25, -0.2) is 0 Å². The molecule has 1 heterocycles. The van der Waals surface area contributed by atoms with Crippen molar-refractivity contribution in [3.63, 3.8) is 0 Å². The number of nitrogens with one attached hydrogen (secondary N) is 1. The van der Waals surface area contributed by atoms with E-state index in [1.165, 1.54) is 6.07 Å². The van der Waals surface area contributed by atoms with Crippen molar-refractivity contribution >= 4 is 18.5 Å². The highest BCUT2D eigenvalue weighted by Crippen LogP contribution is 2.38. The van der Waals surface area contributed by atoms with E-state index >= 15 is 0 Å². The van der Waals surface area contributed by atoms with Crippen molar-refractivity contribution in [1.82, 2.24) is 20.1 Å². The molecule has 1 aromatic heterocycles. The van der Waals surface area contributed by atoms with Gasteiger partial charge in [-0.1, -0.05) is 13.8 Å². The van der Waals surface area contributed by atoms with Gasteiger partial charge in [0.2, 0.25) is 5.82 Å². The summed E-state index contributed by atoms with van der Waals surface area (Å²) in [6, 6.07) is 10.1. The molecule has 3 rings (SSSR count). The highest BCUT2D eigenvalue weighted by atomic mass is 32.1. The van der Waals surface area contributed by atoms with E-state index in [2.05, 4.69) is 28.1 Å². The van der Waals surface area contributed by atoms with Crippen LogP contribution in [0, 0.1) is 0 Å². The van der Waals surface area contributed by atoms with Crippen molar-refractivity contribution in [1.29, 1.82) is 0 Å². The zero-order chi connectivity index (χ0) is 20.4. The molecule has 0 fully saturated rings. The van der Waals surface area contributed by atoms with Crippen LogP contribution in [0.2, 0.25) is 0 Å². The number of amides is 1. The molecule has 0 saturated heterocycles. The third kappa shape index (κ3) is 3.68. The molecular weight excluding hydrogens is 376 g/mol. The zero-order valence-corrected chi connectivity index (χ0v) is 16.7. The van der Waals surface area contributed by atoms with E-state index in [0.717, 1.165) is 4.90 Å². The number of carbonyl (C=O) groups is 1. The van der Waals surface area contributed by atoms with Gasteiger partial charge in [0.05, 0.1) is 5.56 Å². The van der Waals surface area contributed by atoms with Crippen molar-refractivity contribution < 1.29 is 15.0 Å². The minimum Gasteiger partial charge on any atom is -0.508 e. The lowest BCUT2D eigenvalue weighted by Gasteiger charge is -2.14. The molecule has 2 aromatic carbocycles. The number of phenols is 2. The summed E-state index contributed by atoms with van der Waals surface area (Å²) < 4.78 is 1.58. The molecule has 0 atom stereocenters. The minimum absolute atomic E-state index is 0.00527. The first kappa shape index (κ1) is 19.8. The topological polar surface area (TPSA) is 100 Å². The van der Waals surface area contributed by atoms with Gasteiger partial charge in [-0.2, -0.15) is 0 Å². The normalized spacial score (nSPS) is 11.0. The van der Waals surface area contributed by atoms with Gasteiger partial charge in [-0.05, 0) is 48.7 Å². The minimum atomic E-state index is -0.376. The van der Waals surface area contributed by atoms with Crippen LogP contribution in [0.5, 0.6) is 11.5 Å². The molecule has 0 aliphatic rings. The van der Waals surface area contributed by atoms with Gasteiger partial charge in [0.1, 0.15) is 11.5 Å². The number of phenolic OH excluding ortho intramolecular Hbond substituents is 2. The maximum Gasteiger partial charge on any atom is 0.289 e. The van der Waals surface area contributed by atoms with E-state index in [4.69, 9.17) is 0 Å². The Morgan fingerprint density at radius 3 is 2.43 bits per heavy atom. The van der Waals surface area contributed by atoms with Gasteiger partial charge >= 0.3 is 0 Å². The Kier molecular flexibility index (Phi) is 5.60. The van der Waals surface area contributed by atoms with Crippen LogP contribution in [0.15, 0.2) is 41.3 Å². The van der Waals surface area contributed by atoms with E-state index in [0.29, 0.717) is 29.2 Å². The largest absolute Gasteiger partial charge is 0.508 e. The second kappa shape index (κ2) is 7.93. The van der Waals surface area contributed by atoms with Crippen molar-refractivity contribution in [2.45, 2.75) is 31.6 Å². The van der Waals surface area contributed by atoms with Gasteiger partial charge < -0.3 is 15.5 Å². The predicted octanol–water partition coefficient (Wildman–Crippen LogP) is 3.51. The fraction of sp³-hybridized carbons (Fsp3) is 0.250. The van der Waals surface area contributed by atoms with Crippen molar-refractivity contribution in [2.75, 3.05) is 6.54 Å². The third-order valence-corrected chi connectivity index (χ3v) is 4.62. The molecule has 28 heavy (non-hydrogen) atoms. The first-order chi connectivity index (χ1) is 13.3. The smallest absolute Gasteiger partial charge is 0.289 e. The molecule has 0 aliphatic heterocycles. The first-order valence-electron chi connectivity index (χ1n) is 8.92. The maximum absolute atomic E-state index is 12.5. The number of aromatic nitrogens is 3. The molecule has 7 nitrogen and oxygen atoms in total. The molecule has 0 radical (unpaired) electrons. The molecule has 0 spiro atoms. The fourth-order valence-corrected chi connectivity index (χ4v) is 3.08. The van der Waals surface area contributed by atoms with Crippen LogP contribution >= 0.6 is 12.6 Å². The molecule has 8 heteroatoms. The highest BCUT2D eigenvalue weighted by molar-refractivity contribution is 7.80. The number of benzene rings is 2. The Balaban J connectivity index is 2.26. The Hall–Kier alpha value is -3.00. The molecule has 3 N–H and O–H groups in total. The Labute approximate surface area is 168 Å². The Morgan fingerprint density at radius 1 is 1.14 bits per heavy atom. The van der Waals surface area contributed by atoms with E-state index in [1.807, 2.05) is 20.8 Å². The lowest BCUT2D eigenvalue weighted by atomic mass is 9.98. The second-order valence-corrected chi connectivity index (χ2v) is 7.16. The van der Waals surface area contributed by atoms with E-state index in [-0.39, 0.29) is 29.1 Å². The molecule has 3 aromatic rings. The molecule has 146 valence electrons. The summed E-state index contributed by atoms with van der Waals surface area (Å²) in [7, 11) is 0. The summed E-state index contributed by atoms with van der Waals surface area (Å²) >= 11 is 4.30. The van der Waals surface area contributed by atoms with Crippen LogP contribution in [-0.4, -0.2) is 37.4 Å². The molecule has 0 aliphatic carbocycles. The van der Waals surface area contributed by atoms with Crippen LogP contribution in [0.1, 0.15) is 42.9 Å². The first-order valence-corrected chi connectivity index (χ1v) is 9.37. The van der Waals surface area contributed by atoms with Crippen LogP contribution < -0.4 is 5.32 Å². The van der Waals surface area contributed by atoms with Crippen LogP contribution in [-0.2, 0) is 0 Å². The average molecular weight is 398 g/mol. The van der Waals surface area contributed by atoms with Crippen LogP contribution in [0.3, 0.4) is 0 Å². The number of carbonyl (C=O) groups excluding carboxylic acids is 1. The number of nitrogens with zero attached hydrogens (tertiary/aromatic N) is 3. The van der Waals surface area contributed by atoms with E-state index < -0.39 is 0 Å². The van der Waals surface area contributed by atoms with Gasteiger partial charge in [-0.3, -0.25) is 9.36 Å². The monoisotopic (exact) mass is 398 g/mol. The number of rotatable bonds is 5. The van der Waals surface area contributed by atoms with Crippen LogP contribution in [0.25, 0.3) is 17.1 Å². The fourth-order valence-electron chi connectivity index (χ4n) is 2.93. The van der Waals surface area contributed by atoms with Gasteiger partial charge in [0.15, 0.2) is 5.82 Å². The third-order valence-electron chi connectivity index (χ3n) is 4.32. The summed E-state index contributed by atoms with van der Waals surface area (Å²) in [6.07, 6.45) is 0. The van der Waals surface area contributed by atoms with Crippen molar-refractivity contribution in [3.8, 4) is 28.6 Å².